The maximum atomic E-state index is 9.40. The van der Waals surface area contributed by atoms with Crippen molar-refractivity contribution in [3.8, 4) is 5.75 Å². The van der Waals surface area contributed by atoms with Crippen molar-refractivity contribution in [3.63, 3.8) is 0 Å². The van der Waals surface area contributed by atoms with Crippen molar-refractivity contribution in [1.29, 1.82) is 0 Å². The smallest absolute Gasteiger partial charge is 0.129 e. The van der Waals surface area contributed by atoms with Gasteiger partial charge in [-0.25, -0.2) is 0 Å². The Kier molecular flexibility index (Phi) is 4.43. The molecule has 1 aromatic rings. The average Bonchev–Trinajstić information content (AvgIpc) is 2.15. The predicted octanol–water partition coefficient (Wildman–Crippen LogP) is 2.00. The fraction of sp³-hybridized carbons (Fsp3) is 0.200. The molecule has 0 radical (unpaired) electrons. The Morgan fingerprint density at radius 1 is 1.31 bits per heavy atom. The SMILES string of the molecule is NCC=CCSc1ccccc1O. The van der Waals surface area contributed by atoms with E-state index in [2.05, 4.69) is 0 Å². The van der Waals surface area contributed by atoms with Gasteiger partial charge in [0, 0.05) is 17.2 Å². The summed E-state index contributed by atoms with van der Waals surface area (Å²) in [6, 6.07) is 7.31. The molecule has 0 aliphatic rings. The highest BCUT2D eigenvalue weighted by molar-refractivity contribution is 7.99. The lowest BCUT2D eigenvalue weighted by atomic mass is 10.3. The molecule has 2 nitrogen and oxygen atoms in total. The van der Waals surface area contributed by atoms with E-state index in [0.717, 1.165) is 10.6 Å². The standard InChI is InChI=1S/C10H13NOS/c11-7-3-4-8-13-10-6-2-1-5-9(10)12/h1-6,12H,7-8,11H2. The zero-order chi connectivity index (χ0) is 9.52. The molecular weight excluding hydrogens is 182 g/mol. The van der Waals surface area contributed by atoms with Gasteiger partial charge >= 0.3 is 0 Å². The second kappa shape index (κ2) is 5.67. The largest absolute Gasteiger partial charge is 0.507 e. The first-order valence-corrected chi connectivity index (χ1v) is 5.09. The third kappa shape index (κ3) is 3.53. The van der Waals surface area contributed by atoms with Crippen molar-refractivity contribution in [2.75, 3.05) is 12.3 Å². The maximum Gasteiger partial charge on any atom is 0.129 e. The molecule has 0 atom stereocenters. The minimum Gasteiger partial charge on any atom is -0.507 e. The molecule has 0 spiro atoms. The number of rotatable bonds is 4. The van der Waals surface area contributed by atoms with Gasteiger partial charge in [-0.15, -0.1) is 11.8 Å². The van der Waals surface area contributed by atoms with Crippen molar-refractivity contribution >= 4 is 11.8 Å². The Bertz CT molecular complexity index is 286. The van der Waals surface area contributed by atoms with Crippen LogP contribution < -0.4 is 5.73 Å². The average molecular weight is 195 g/mol. The second-order valence-corrected chi connectivity index (χ2v) is 3.55. The van der Waals surface area contributed by atoms with Crippen LogP contribution in [0.1, 0.15) is 0 Å². The van der Waals surface area contributed by atoms with Gasteiger partial charge in [-0.3, -0.25) is 0 Å². The number of benzene rings is 1. The highest BCUT2D eigenvalue weighted by Gasteiger charge is 1.96. The quantitative estimate of drug-likeness (QED) is 0.570. The third-order valence-corrected chi connectivity index (χ3v) is 2.52. The summed E-state index contributed by atoms with van der Waals surface area (Å²) in [4.78, 5) is 0.907. The fourth-order valence-corrected chi connectivity index (χ4v) is 1.68. The van der Waals surface area contributed by atoms with Crippen molar-refractivity contribution in [2.24, 2.45) is 5.73 Å². The maximum absolute atomic E-state index is 9.40. The van der Waals surface area contributed by atoms with E-state index >= 15 is 0 Å². The molecule has 1 rings (SSSR count). The normalized spacial score (nSPS) is 10.8. The number of hydrogen-bond acceptors (Lipinski definition) is 3. The molecule has 0 heterocycles. The van der Waals surface area contributed by atoms with E-state index in [1.165, 1.54) is 0 Å². The Labute approximate surface area is 82.5 Å². The highest BCUT2D eigenvalue weighted by Crippen LogP contribution is 2.27. The molecule has 3 heteroatoms. The Hall–Kier alpha value is -0.930. The predicted molar refractivity (Wildman–Crippen MR) is 57.0 cm³/mol. The molecule has 1 aromatic carbocycles. The molecule has 0 bridgehead atoms. The second-order valence-electron chi connectivity index (χ2n) is 2.49. The van der Waals surface area contributed by atoms with Crippen LogP contribution in [0.5, 0.6) is 5.75 Å². The molecule has 0 unspecified atom stereocenters. The Balaban J connectivity index is 2.45. The molecule has 0 aliphatic carbocycles. The van der Waals surface area contributed by atoms with E-state index in [-0.39, 0.29) is 0 Å². The van der Waals surface area contributed by atoms with Crippen LogP contribution >= 0.6 is 11.8 Å². The van der Waals surface area contributed by atoms with Gasteiger partial charge in [-0.05, 0) is 12.1 Å². The van der Waals surface area contributed by atoms with Gasteiger partial charge < -0.3 is 10.8 Å². The lowest BCUT2D eigenvalue weighted by Crippen LogP contribution is -1.92. The molecule has 70 valence electrons. The van der Waals surface area contributed by atoms with Crippen LogP contribution in [0.15, 0.2) is 41.3 Å². The van der Waals surface area contributed by atoms with Crippen LogP contribution in [0.25, 0.3) is 0 Å². The molecule has 0 saturated heterocycles. The van der Waals surface area contributed by atoms with E-state index in [4.69, 9.17) is 5.73 Å². The zero-order valence-corrected chi connectivity index (χ0v) is 8.13. The zero-order valence-electron chi connectivity index (χ0n) is 7.31. The first-order valence-electron chi connectivity index (χ1n) is 4.10. The van der Waals surface area contributed by atoms with E-state index in [9.17, 15) is 5.11 Å². The van der Waals surface area contributed by atoms with Crippen LogP contribution in [0.4, 0.5) is 0 Å². The Morgan fingerprint density at radius 3 is 2.77 bits per heavy atom. The molecule has 3 N–H and O–H groups in total. The number of phenols is 1. The van der Waals surface area contributed by atoms with Crippen molar-refractivity contribution in [2.45, 2.75) is 4.90 Å². The first-order chi connectivity index (χ1) is 6.34. The van der Waals surface area contributed by atoms with Gasteiger partial charge in [0.25, 0.3) is 0 Å². The van der Waals surface area contributed by atoms with E-state index in [0.29, 0.717) is 12.3 Å². The fourth-order valence-electron chi connectivity index (χ4n) is 0.881. The summed E-state index contributed by atoms with van der Waals surface area (Å²) >= 11 is 1.59. The molecule has 0 aromatic heterocycles. The minimum atomic E-state index is 0.341. The van der Waals surface area contributed by atoms with Crippen molar-refractivity contribution < 1.29 is 5.11 Å². The number of aromatic hydroxyl groups is 1. The summed E-state index contributed by atoms with van der Waals surface area (Å²) < 4.78 is 0. The highest BCUT2D eigenvalue weighted by atomic mass is 32.2. The van der Waals surface area contributed by atoms with E-state index < -0.39 is 0 Å². The van der Waals surface area contributed by atoms with Crippen molar-refractivity contribution in [3.05, 3.63) is 36.4 Å². The van der Waals surface area contributed by atoms with Gasteiger partial charge in [0.05, 0.1) is 0 Å². The van der Waals surface area contributed by atoms with E-state index in [1.807, 2.05) is 30.4 Å². The van der Waals surface area contributed by atoms with Crippen LogP contribution in [0.3, 0.4) is 0 Å². The monoisotopic (exact) mass is 195 g/mol. The van der Waals surface area contributed by atoms with Crippen LogP contribution in [-0.2, 0) is 0 Å². The number of nitrogens with two attached hydrogens (primary N) is 1. The molecule has 13 heavy (non-hydrogen) atoms. The summed E-state index contributed by atoms with van der Waals surface area (Å²) in [5.74, 6) is 1.18. The number of thioether (sulfide) groups is 1. The summed E-state index contributed by atoms with van der Waals surface area (Å²) in [6.07, 6.45) is 3.91. The first kappa shape index (κ1) is 10.2. The summed E-state index contributed by atoms with van der Waals surface area (Å²) in [7, 11) is 0. The number of phenolic OH excluding ortho intramolecular Hbond substituents is 1. The topological polar surface area (TPSA) is 46.2 Å². The van der Waals surface area contributed by atoms with Gasteiger partial charge in [-0.2, -0.15) is 0 Å². The minimum absolute atomic E-state index is 0.341. The molecule has 0 amide bonds. The molecular formula is C10H13NOS. The van der Waals surface area contributed by atoms with Gasteiger partial charge in [0.1, 0.15) is 5.75 Å². The molecule has 0 aliphatic heterocycles. The van der Waals surface area contributed by atoms with Crippen LogP contribution in [0, 0.1) is 0 Å². The summed E-state index contributed by atoms with van der Waals surface area (Å²) in [5, 5.41) is 9.40. The number of para-hydroxylation sites is 1. The number of hydrogen-bond donors (Lipinski definition) is 2. The molecule has 0 saturated carbocycles. The van der Waals surface area contributed by atoms with Crippen molar-refractivity contribution in [1.82, 2.24) is 0 Å². The lowest BCUT2D eigenvalue weighted by molar-refractivity contribution is 0.462. The van der Waals surface area contributed by atoms with Gasteiger partial charge in [-0.1, -0.05) is 24.3 Å². The lowest BCUT2D eigenvalue weighted by Gasteiger charge is -2.00. The molecule has 0 fully saturated rings. The summed E-state index contributed by atoms with van der Waals surface area (Å²) in [6.45, 7) is 0.571. The van der Waals surface area contributed by atoms with Crippen LogP contribution in [0.2, 0.25) is 0 Å². The van der Waals surface area contributed by atoms with Crippen LogP contribution in [-0.4, -0.2) is 17.4 Å². The Morgan fingerprint density at radius 2 is 2.08 bits per heavy atom. The van der Waals surface area contributed by atoms with Gasteiger partial charge in [0.15, 0.2) is 0 Å². The van der Waals surface area contributed by atoms with E-state index in [1.54, 1.807) is 17.8 Å². The third-order valence-electron chi connectivity index (χ3n) is 1.50. The van der Waals surface area contributed by atoms with Gasteiger partial charge in [0.2, 0.25) is 0 Å². The summed E-state index contributed by atoms with van der Waals surface area (Å²) in [5.41, 5.74) is 5.29.